The standard InChI is InChI=1S/C44H32N8/c1-2-12-32-33-13-4-7-17-37(33)51(36(32)16-3-1)41-28-42(52-38-18-8-5-14-34(38)35-15-6-9-19-39(35)52)50-44(49-41)31-25-29(26-40-45-20-10-21-46-40)24-30(27-31)43-47-22-11-23-48-43/h2,4-15,17-25,27-28H,1,3,16,26H2. The number of benzene rings is 4. The summed E-state index contributed by atoms with van der Waals surface area (Å²) in [5, 5.41) is 3.58. The van der Waals surface area contributed by atoms with Crippen LogP contribution in [0.5, 0.6) is 0 Å². The van der Waals surface area contributed by atoms with Crippen LogP contribution in [0.4, 0.5) is 0 Å². The van der Waals surface area contributed by atoms with Crippen molar-refractivity contribution in [2.75, 3.05) is 0 Å². The van der Waals surface area contributed by atoms with Gasteiger partial charge in [-0.05, 0) is 73.4 Å². The van der Waals surface area contributed by atoms with Crippen molar-refractivity contribution in [1.82, 2.24) is 39.0 Å². The first-order chi connectivity index (χ1) is 25.8. The fraction of sp³-hybridized carbons (Fsp3) is 0.0909. The van der Waals surface area contributed by atoms with E-state index in [2.05, 4.69) is 138 Å². The Kier molecular flexibility index (Phi) is 7.23. The molecule has 0 saturated heterocycles. The Morgan fingerprint density at radius 2 is 1.12 bits per heavy atom. The molecule has 5 heterocycles. The van der Waals surface area contributed by atoms with Crippen LogP contribution in [0.3, 0.4) is 0 Å². The van der Waals surface area contributed by atoms with E-state index in [1.54, 1.807) is 24.8 Å². The van der Waals surface area contributed by atoms with Crippen molar-refractivity contribution < 1.29 is 0 Å². The summed E-state index contributed by atoms with van der Waals surface area (Å²) in [6, 6.07) is 37.9. The predicted molar refractivity (Wildman–Crippen MR) is 206 cm³/mol. The van der Waals surface area contributed by atoms with Gasteiger partial charge in [0.05, 0.1) is 16.6 Å². The first kappa shape index (κ1) is 30.1. The van der Waals surface area contributed by atoms with Gasteiger partial charge < -0.3 is 0 Å². The number of hydrogen-bond donors (Lipinski definition) is 0. The maximum Gasteiger partial charge on any atom is 0.163 e. The van der Waals surface area contributed by atoms with Crippen LogP contribution in [0.2, 0.25) is 0 Å². The number of rotatable bonds is 6. The van der Waals surface area contributed by atoms with Crippen LogP contribution in [0.15, 0.2) is 140 Å². The van der Waals surface area contributed by atoms with Crippen LogP contribution < -0.4 is 0 Å². The van der Waals surface area contributed by atoms with Gasteiger partial charge in [0.15, 0.2) is 11.6 Å². The molecule has 9 aromatic rings. The Morgan fingerprint density at radius 3 is 1.81 bits per heavy atom. The summed E-state index contributed by atoms with van der Waals surface area (Å²) in [5.74, 6) is 3.59. The van der Waals surface area contributed by atoms with Crippen molar-refractivity contribution in [2.45, 2.75) is 25.7 Å². The lowest BCUT2D eigenvalue weighted by Crippen LogP contribution is -2.09. The second-order valence-corrected chi connectivity index (χ2v) is 13.1. The molecular weight excluding hydrogens is 641 g/mol. The molecule has 0 atom stereocenters. The first-order valence-corrected chi connectivity index (χ1v) is 17.6. The minimum atomic E-state index is 0.538. The summed E-state index contributed by atoms with van der Waals surface area (Å²) in [4.78, 5) is 29.1. The zero-order valence-corrected chi connectivity index (χ0v) is 28.3. The second kappa shape index (κ2) is 12.5. The molecule has 0 aliphatic heterocycles. The Balaban J connectivity index is 1.27. The van der Waals surface area contributed by atoms with Gasteiger partial charge in [-0.2, -0.15) is 0 Å². The molecule has 52 heavy (non-hydrogen) atoms. The Labute approximate surface area is 299 Å². The highest BCUT2D eigenvalue weighted by molar-refractivity contribution is 6.09. The van der Waals surface area contributed by atoms with Crippen LogP contribution in [0, 0.1) is 0 Å². The molecule has 0 spiro atoms. The van der Waals surface area contributed by atoms with E-state index in [0.717, 1.165) is 70.0 Å². The average molecular weight is 673 g/mol. The number of hydrogen-bond acceptors (Lipinski definition) is 6. The number of allylic oxidation sites excluding steroid dienone is 1. The lowest BCUT2D eigenvalue weighted by Gasteiger charge is -2.16. The Hall–Kier alpha value is -6.80. The number of fused-ring (bicyclic) bond motifs is 6. The maximum absolute atomic E-state index is 5.43. The summed E-state index contributed by atoms with van der Waals surface area (Å²) in [7, 11) is 0. The van der Waals surface area contributed by atoms with E-state index in [4.69, 9.17) is 9.97 Å². The van der Waals surface area contributed by atoms with Gasteiger partial charge in [0.25, 0.3) is 0 Å². The summed E-state index contributed by atoms with van der Waals surface area (Å²) in [6.45, 7) is 0. The molecular formula is C44H32N8. The molecule has 248 valence electrons. The smallest absolute Gasteiger partial charge is 0.163 e. The van der Waals surface area contributed by atoms with Gasteiger partial charge in [-0.3, -0.25) is 9.13 Å². The van der Waals surface area contributed by atoms with E-state index in [0.29, 0.717) is 18.1 Å². The molecule has 0 N–H and O–H groups in total. The molecule has 5 aromatic heterocycles. The fourth-order valence-corrected chi connectivity index (χ4v) is 7.65. The Bertz CT molecular complexity index is 2750. The molecule has 4 aromatic carbocycles. The highest BCUT2D eigenvalue weighted by atomic mass is 15.1. The van der Waals surface area contributed by atoms with E-state index < -0.39 is 0 Å². The average Bonchev–Trinajstić information content (AvgIpc) is 3.59. The summed E-state index contributed by atoms with van der Waals surface area (Å²) in [6.07, 6.45) is 15.3. The van der Waals surface area contributed by atoms with Crippen LogP contribution >= 0.6 is 0 Å². The highest BCUT2D eigenvalue weighted by Crippen LogP contribution is 2.37. The van der Waals surface area contributed by atoms with Crippen molar-refractivity contribution in [1.29, 1.82) is 0 Å². The van der Waals surface area contributed by atoms with Gasteiger partial charge in [0.1, 0.15) is 17.5 Å². The first-order valence-electron chi connectivity index (χ1n) is 17.6. The fourth-order valence-electron chi connectivity index (χ4n) is 7.65. The summed E-state index contributed by atoms with van der Waals surface area (Å²) < 4.78 is 4.62. The van der Waals surface area contributed by atoms with E-state index in [9.17, 15) is 0 Å². The van der Waals surface area contributed by atoms with Crippen molar-refractivity contribution in [3.8, 4) is 34.4 Å². The molecule has 0 fully saturated rings. The van der Waals surface area contributed by atoms with Crippen LogP contribution in [-0.4, -0.2) is 39.0 Å². The maximum atomic E-state index is 5.43. The third-order valence-electron chi connectivity index (χ3n) is 9.88. The van der Waals surface area contributed by atoms with Gasteiger partial charge in [-0.25, -0.2) is 29.9 Å². The molecule has 1 aliphatic rings. The zero-order chi connectivity index (χ0) is 34.4. The quantitative estimate of drug-likeness (QED) is 0.175. The number of para-hydroxylation sites is 3. The van der Waals surface area contributed by atoms with Crippen LogP contribution in [0.25, 0.3) is 73.2 Å². The minimum Gasteiger partial charge on any atom is -0.297 e. The van der Waals surface area contributed by atoms with Crippen molar-refractivity contribution >= 4 is 38.8 Å². The van der Waals surface area contributed by atoms with E-state index >= 15 is 0 Å². The molecule has 0 amide bonds. The van der Waals surface area contributed by atoms with E-state index in [1.807, 2.05) is 12.1 Å². The normalized spacial score (nSPS) is 12.8. The number of aromatic nitrogens is 8. The molecule has 1 aliphatic carbocycles. The van der Waals surface area contributed by atoms with E-state index in [1.165, 1.54) is 27.4 Å². The third kappa shape index (κ3) is 5.15. The molecule has 0 saturated carbocycles. The van der Waals surface area contributed by atoms with Crippen molar-refractivity contribution in [2.24, 2.45) is 0 Å². The number of nitrogens with zero attached hydrogens (tertiary/aromatic N) is 8. The monoisotopic (exact) mass is 672 g/mol. The largest absolute Gasteiger partial charge is 0.297 e. The molecule has 0 unspecified atom stereocenters. The van der Waals surface area contributed by atoms with Gasteiger partial charge in [0, 0.05) is 75.8 Å². The summed E-state index contributed by atoms with van der Waals surface area (Å²) in [5.41, 5.74) is 8.60. The predicted octanol–water partition coefficient (Wildman–Crippen LogP) is 9.37. The lowest BCUT2D eigenvalue weighted by molar-refractivity contribution is 0.799. The van der Waals surface area contributed by atoms with Crippen LogP contribution in [-0.2, 0) is 12.8 Å². The van der Waals surface area contributed by atoms with E-state index in [-0.39, 0.29) is 0 Å². The SMILES string of the molecule is C1=Cc2c(n(-c3cc(-n4c5ccccc5c5ccccc54)nc(-c4cc(Cc5ncccn5)cc(-c5ncccn5)c4)n3)c3ccccc23)CCC1. The van der Waals surface area contributed by atoms with Gasteiger partial charge in [-0.15, -0.1) is 0 Å². The van der Waals surface area contributed by atoms with Gasteiger partial charge in [0.2, 0.25) is 0 Å². The minimum absolute atomic E-state index is 0.538. The Morgan fingerprint density at radius 1 is 0.538 bits per heavy atom. The molecule has 0 radical (unpaired) electrons. The van der Waals surface area contributed by atoms with Gasteiger partial charge in [-0.1, -0.05) is 66.7 Å². The van der Waals surface area contributed by atoms with Gasteiger partial charge >= 0.3 is 0 Å². The van der Waals surface area contributed by atoms with Crippen LogP contribution in [0.1, 0.15) is 35.5 Å². The molecule has 8 heteroatoms. The second-order valence-electron chi connectivity index (χ2n) is 13.1. The molecule has 8 nitrogen and oxygen atoms in total. The van der Waals surface area contributed by atoms with Crippen molar-refractivity contribution in [3.05, 3.63) is 163 Å². The lowest BCUT2D eigenvalue weighted by atomic mass is 10.0. The molecule has 0 bridgehead atoms. The highest BCUT2D eigenvalue weighted by Gasteiger charge is 2.22. The summed E-state index contributed by atoms with van der Waals surface area (Å²) >= 11 is 0. The topological polar surface area (TPSA) is 87.2 Å². The van der Waals surface area contributed by atoms with Crippen molar-refractivity contribution in [3.63, 3.8) is 0 Å². The molecule has 10 rings (SSSR count). The zero-order valence-electron chi connectivity index (χ0n) is 28.3. The third-order valence-corrected chi connectivity index (χ3v) is 9.88.